The second-order valence-corrected chi connectivity index (χ2v) is 3.79. The molecule has 0 amide bonds. The summed E-state index contributed by atoms with van der Waals surface area (Å²) in [6.07, 6.45) is -1.15. The Morgan fingerprint density at radius 1 is 1.47 bits per heavy atom. The molecule has 0 saturated carbocycles. The molecular weight excluding hydrogens is 196 g/mol. The average molecular weight is 216 g/mol. The lowest BCUT2D eigenvalue weighted by molar-refractivity contribution is -0.236. The molecule has 0 bridgehead atoms. The van der Waals surface area contributed by atoms with Crippen LogP contribution in [0.5, 0.6) is 0 Å². The maximum absolute atomic E-state index is 11.2. The van der Waals surface area contributed by atoms with Crippen LogP contribution >= 0.6 is 0 Å². The monoisotopic (exact) mass is 216 g/mol. The van der Waals surface area contributed by atoms with E-state index >= 15 is 0 Å². The van der Waals surface area contributed by atoms with Gasteiger partial charge in [0, 0.05) is 17.9 Å². The smallest absolute Gasteiger partial charge is 0.335 e. The average Bonchev–Trinajstić information content (AvgIpc) is 2.15. The Morgan fingerprint density at radius 3 is 2.33 bits per heavy atom. The molecule has 2 unspecified atom stereocenters. The number of aliphatic hydroxyl groups excluding tert-OH is 1. The zero-order valence-electron chi connectivity index (χ0n) is 9.82. The van der Waals surface area contributed by atoms with E-state index in [1.807, 2.05) is 20.8 Å². The summed E-state index contributed by atoms with van der Waals surface area (Å²) in [5, 5.41) is 9.44. The van der Waals surface area contributed by atoms with Gasteiger partial charge in [-0.2, -0.15) is 0 Å². The van der Waals surface area contributed by atoms with Gasteiger partial charge in [-0.15, -0.1) is 0 Å². The molecule has 0 saturated heterocycles. The van der Waals surface area contributed by atoms with Gasteiger partial charge in [0.2, 0.25) is 6.29 Å². The SMILES string of the molecule is C=C(C)C(=O)OC(CC)OC(O)C(C)C. The summed E-state index contributed by atoms with van der Waals surface area (Å²) < 4.78 is 10.1. The van der Waals surface area contributed by atoms with Crippen molar-refractivity contribution in [1.82, 2.24) is 0 Å². The van der Waals surface area contributed by atoms with Crippen LogP contribution in [0.4, 0.5) is 0 Å². The Bertz CT molecular complexity index is 223. The number of hydrogen-bond donors (Lipinski definition) is 1. The molecule has 0 heterocycles. The van der Waals surface area contributed by atoms with Crippen LogP contribution in [0.25, 0.3) is 0 Å². The summed E-state index contributed by atoms with van der Waals surface area (Å²) in [5.41, 5.74) is 0.316. The molecule has 1 N–H and O–H groups in total. The Morgan fingerprint density at radius 2 is 2.00 bits per heavy atom. The van der Waals surface area contributed by atoms with E-state index in [9.17, 15) is 9.90 Å². The van der Waals surface area contributed by atoms with Gasteiger partial charge in [-0.25, -0.2) is 4.79 Å². The summed E-state index contributed by atoms with van der Waals surface area (Å²) in [6.45, 7) is 10.5. The quantitative estimate of drug-likeness (QED) is 0.418. The molecule has 0 radical (unpaired) electrons. The maximum atomic E-state index is 11.2. The van der Waals surface area contributed by atoms with Crippen LogP contribution < -0.4 is 0 Å². The molecule has 2 atom stereocenters. The van der Waals surface area contributed by atoms with Crippen molar-refractivity contribution in [1.29, 1.82) is 0 Å². The summed E-state index contributed by atoms with van der Waals surface area (Å²) in [7, 11) is 0. The van der Waals surface area contributed by atoms with E-state index < -0.39 is 18.5 Å². The van der Waals surface area contributed by atoms with Crippen molar-refractivity contribution in [2.45, 2.75) is 46.7 Å². The highest BCUT2D eigenvalue weighted by atomic mass is 16.7. The molecule has 0 aliphatic rings. The largest absolute Gasteiger partial charge is 0.432 e. The highest BCUT2D eigenvalue weighted by molar-refractivity contribution is 5.86. The van der Waals surface area contributed by atoms with Crippen molar-refractivity contribution in [3.05, 3.63) is 12.2 Å². The zero-order chi connectivity index (χ0) is 12.0. The normalized spacial score (nSPS) is 14.8. The van der Waals surface area contributed by atoms with Crippen molar-refractivity contribution >= 4 is 5.97 Å². The Labute approximate surface area is 90.9 Å². The van der Waals surface area contributed by atoms with Gasteiger partial charge in [0.25, 0.3) is 0 Å². The topological polar surface area (TPSA) is 55.8 Å². The van der Waals surface area contributed by atoms with Crippen LogP contribution in [0.15, 0.2) is 12.2 Å². The fourth-order valence-corrected chi connectivity index (χ4v) is 0.740. The minimum Gasteiger partial charge on any atom is -0.432 e. The third-order valence-electron chi connectivity index (χ3n) is 1.78. The predicted molar refractivity (Wildman–Crippen MR) is 56.9 cm³/mol. The van der Waals surface area contributed by atoms with Crippen LogP contribution in [0, 0.1) is 5.92 Å². The second kappa shape index (κ2) is 6.58. The minimum absolute atomic E-state index is 0.0393. The van der Waals surface area contributed by atoms with Crippen LogP contribution in [0.2, 0.25) is 0 Å². The third-order valence-corrected chi connectivity index (χ3v) is 1.78. The molecule has 0 aromatic rings. The summed E-state index contributed by atoms with van der Waals surface area (Å²) in [5.74, 6) is -0.541. The van der Waals surface area contributed by atoms with E-state index in [1.165, 1.54) is 0 Å². The lowest BCUT2D eigenvalue weighted by Crippen LogP contribution is -2.29. The molecule has 0 fully saturated rings. The number of carbonyl (C=O) groups is 1. The minimum atomic E-state index is -0.923. The number of ether oxygens (including phenoxy) is 2. The van der Waals surface area contributed by atoms with Crippen molar-refractivity contribution in [2.75, 3.05) is 0 Å². The highest BCUT2D eigenvalue weighted by Gasteiger charge is 2.19. The molecule has 0 aromatic heterocycles. The van der Waals surface area contributed by atoms with Crippen molar-refractivity contribution in [2.24, 2.45) is 5.92 Å². The molecule has 0 aliphatic heterocycles. The van der Waals surface area contributed by atoms with Crippen LogP contribution in [-0.2, 0) is 14.3 Å². The molecule has 0 aliphatic carbocycles. The first-order valence-corrected chi connectivity index (χ1v) is 5.08. The number of rotatable bonds is 6. The van der Waals surface area contributed by atoms with Gasteiger partial charge < -0.3 is 14.6 Å². The number of hydrogen-bond acceptors (Lipinski definition) is 4. The first-order chi connectivity index (χ1) is 6.88. The highest BCUT2D eigenvalue weighted by Crippen LogP contribution is 2.11. The van der Waals surface area contributed by atoms with Gasteiger partial charge in [-0.05, 0) is 6.92 Å². The van der Waals surface area contributed by atoms with Gasteiger partial charge in [0.1, 0.15) is 0 Å². The Kier molecular flexibility index (Phi) is 6.20. The Hall–Kier alpha value is -0.870. The second-order valence-electron chi connectivity index (χ2n) is 3.79. The number of carbonyl (C=O) groups excluding carboxylic acids is 1. The zero-order valence-corrected chi connectivity index (χ0v) is 9.82. The molecule has 0 rings (SSSR count). The Balaban J connectivity index is 4.14. The van der Waals surface area contributed by atoms with Crippen LogP contribution in [-0.4, -0.2) is 23.7 Å². The van der Waals surface area contributed by atoms with E-state index in [0.717, 1.165) is 0 Å². The molecule has 4 nitrogen and oxygen atoms in total. The standard InChI is InChI=1S/C11H20O4/c1-6-9(14-10(12)7(2)3)15-11(13)8(4)5/h8-9,11,13H,2,6H2,1,3-5H3. The molecular formula is C11H20O4. The van der Waals surface area contributed by atoms with E-state index in [0.29, 0.717) is 12.0 Å². The lowest BCUT2D eigenvalue weighted by Gasteiger charge is -2.22. The first kappa shape index (κ1) is 14.1. The van der Waals surface area contributed by atoms with Crippen molar-refractivity contribution in [3.8, 4) is 0 Å². The lowest BCUT2D eigenvalue weighted by atomic mass is 10.2. The number of aliphatic hydroxyl groups is 1. The molecule has 0 aromatic carbocycles. The predicted octanol–water partition coefficient (Wildman–Crippen LogP) is 1.83. The van der Waals surface area contributed by atoms with Crippen LogP contribution in [0.3, 0.4) is 0 Å². The van der Waals surface area contributed by atoms with E-state index in [2.05, 4.69) is 6.58 Å². The van der Waals surface area contributed by atoms with E-state index in [-0.39, 0.29) is 5.92 Å². The summed E-state index contributed by atoms with van der Waals surface area (Å²) in [4.78, 5) is 11.2. The third kappa shape index (κ3) is 5.54. The molecule has 4 heteroatoms. The van der Waals surface area contributed by atoms with E-state index in [4.69, 9.17) is 9.47 Å². The van der Waals surface area contributed by atoms with Crippen molar-refractivity contribution in [3.63, 3.8) is 0 Å². The van der Waals surface area contributed by atoms with Crippen molar-refractivity contribution < 1.29 is 19.4 Å². The fraction of sp³-hybridized carbons (Fsp3) is 0.727. The number of esters is 1. The summed E-state index contributed by atoms with van der Waals surface area (Å²) in [6, 6.07) is 0. The molecule has 88 valence electrons. The molecule has 15 heavy (non-hydrogen) atoms. The fourth-order valence-electron chi connectivity index (χ4n) is 0.740. The van der Waals surface area contributed by atoms with E-state index in [1.54, 1.807) is 6.92 Å². The van der Waals surface area contributed by atoms with Gasteiger partial charge in [-0.1, -0.05) is 27.4 Å². The van der Waals surface area contributed by atoms with Gasteiger partial charge >= 0.3 is 5.97 Å². The van der Waals surface area contributed by atoms with Gasteiger partial charge in [-0.3, -0.25) is 0 Å². The van der Waals surface area contributed by atoms with Crippen LogP contribution in [0.1, 0.15) is 34.1 Å². The maximum Gasteiger partial charge on any atom is 0.335 e. The first-order valence-electron chi connectivity index (χ1n) is 5.08. The van der Waals surface area contributed by atoms with Gasteiger partial charge in [0.05, 0.1) is 0 Å². The molecule has 0 spiro atoms. The van der Waals surface area contributed by atoms with Gasteiger partial charge in [0.15, 0.2) is 6.29 Å². The summed E-state index contributed by atoms with van der Waals surface area (Å²) >= 11 is 0.